The van der Waals surface area contributed by atoms with E-state index >= 15 is 0 Å². The van der Waals surface area contributed by atoms with Crippen molar-refractivity contribution < 1.29 is 19.1 Å². The second kappa shape index (κ2) is 12.7. The number of hydrogen-bond donors (Lipinski definition) is 0. The van der Waals surface area contributed by atoms with Crippen LogP contribution in [0.5, 0.6) is 0 Å². The summed E-state index contributed by atoms with van der Waals surface area (Å²) in [5.74, 6) is 1.53. The molecule has 0 radical (unpaired) electrons. The van der Waals surface area contributed by atoms with Gasteiger partial charge < -0.3 is 29.2 Å². The minimum atomic E-state index is -1.13. The summed E-state index contributed by atoms with van der Waals surface area (Å²) in [6, 6.07) is 3.95. The summed E-state index contributed by atoms with van der Waals surface area (Å²) >= 11 is 0. The van der Waals surface area contributed by atoms with Gasteiger partial charge in [0.25, 0.3) is 0 Å². The van der Waals surface area contributed by atoms with Gasteiger partial charge in [-0.2, -0.15) is 0 Å². The van der Waals surface area contributed by atoms with Gasteiger partial charge in [0.2, 0.25) is 11.8 Å². The van der Waals surface area contributed by atoms with Gasteiger partial charge in [-0.15, -0.1) is 0 Å². The molecular weight excluding hydrogens is 532 g/mol. The summed E-state index contributed by atoms with van der Waals surface area (Å²) in [7, 11) is 0. The van der Waals surface area contributed by atoms with Crippen LogP contribution in [0.15, 0.2) is 12.1 Å². The Morgan fingerprint density at radius 1 is 0.786 bits per heavy atom. The Balaban J connectivity index is 1.15. The second-order valence-electron chi connectivity index (χ2n) is 12.7. The van der Waals surface area contributed by atoms with E-state index in [2.05, 4.69) is 26.8 Å². The van der Waals surface area contributed by atoms with Crippen molar-refractivity contribution in [2.45, 2.75) is 83.6 Å². The normalized spacial score (nSPS) is 24.4. The van der Waals surface area contributed by atoms with E-state index in [1.807, 2.05) is 4.90 Å². The van der Waals surface area contributed by atoms with Crippen molar-refractivity contribution in [3.63, 3.8) is 0 Å². The smallest absolute Gasteiger partial charge is 0.321 e. The van der Waals surface area contributed by atoms with Crippen LogP contribution in [0.1, 0.15) is 77.6 Å². The maximum absolute atomic E-state index is 14.0. The maximum Gasteiger partial charge on any atom is 0.321 e. The Bertz CT molecular complexity index is 1130. The molecule has 1 atom stereocenters. The van der Waals surface area contributed by atoms with Crippen molar-refractivity contribution in [2.24, 2.45) is 5.41 Å². The van der Waals surface area contributed by atoms with Crippen LogP contribution < -0.4 is 14.7 Å². The molecule has 5 fully saturated rings. The highest BCUT2D eigenvalue weighted by Gasteiger charge is 2.52. The number of rotatable bonds is 7. The molecule has 0 aromatic carbocycles. The molecule has 0 N–H and O–H groups in total. The molecular formula is C32H48N6O4. The lowest BCUT2D eigenvalue weighted by Gasteiger charge is -2.41. The zero-order valence-electron chi connectivity index (χ0n) is 25.4. The van der Waals surface area contributed by atoms with Crippen LogP contribution in [0.2, 0.25) is 0 Å². The number of pyridine rings is 1. The quantitative estimate of drug-likeness (QED) is 0.358. The number of piperazine rings is 1. The first kappa shape index (κ1) is 29.1. The first-order chi connectivity index (χ1) is 20.5. The Hall–Kier alpha value is -3.04. The van der Waals surface area contributed by atoms with E-state index in [1.54, 1.807) is 11.8 Å². The van der Waals surface area contributed by atoms with Crippen LogP contribution in [0.4, 0.5) is 17.3 Å². The molecule has 10 heteroatoms. The first-order valence-corrected chi connectivity index (χ1v) is 16.5. The highest BCUT2D eigenvalue weighted by molar-refractivity contribution is 6.04. The van der Waals surface area contributed by atoms with Crippen molar-refractivity contribution in [3.05, 3.63) is 12.1 Å². The molecule has 0 bridgehead atoms. The van der Waals surface area contributed by atoms with Gasteiger partial charge in [0.05, 0.1) is 12.3 Å². The molecule has 1 unspecified atom stereocenters. The molecule has 4 saturated heterocycles. The van der Waals surface area contributed by atoms with Gasteiger partial charge in [0.1, 0.15) is 17.3 Å². The molecule has 0 spiro atoms. The van der Waals surface area contributed by atoms with Crippen LogP contribution in [-0.4, -0.2) is 104 Å². The lowest BCUT2D eigenvalue weighted by atomic mass is 9.72. The third-order valence-corrected chi connectivity index (χ3v) is 10.2. The monoisotopic (exact) mass is 580 g/mol. The molecule has 5 heterocycles. The molecule has 6 rings (SSSR count). The van der Waals surface area contributed by atoms with E-state index in [0.717, 1.165) is 76.6 Å². The third-order valence-electron chi connectivity index (χ3n) is 10.2. The van der Waals surface area contributed by atoms with Gasteiger partial charge >= 0.3 is 5.97 Å². The predicted molar refractivity (Wildman–Crippen MR) is 163 cm³/mol. The van der Waals surface area contributed by atoms with Crippen LogP contribution in [-0.2, 0) is 19.1 Å². The fraction of sp³-hybridized carbons (Fsp3) is 0.750. The van der Waals surface area contributed by atoms with Gasteiger partial charge in [0, 0.05) is 58.9 Å². The van der Waals surface area contributed by atoms with E-state index in [4.69, 9.17) is 9.72 Å². The van der Waals surface area contributed by atoms with Crippen molar-refractivity contribution in [3.8, 4) is 0 Å². The van der Waals surface area contributed by atoms with E-state index in [1.165, 1.54) is 31.4 Å². The molecule has 5 aliphatic rings. The van der Waals surface area contributed by atoms with Gasteiger partial charge in [-0.25, -0.2) is 4.98 Å². The standard InChI is InChI=1S/C32H48N6O4/c1-2-42-31(41)32(14-4-3-5-15-32)30(40)38-20-10-11-26(38)29(39)37-23-21-36(22-24-37)28-25(34-16-6-7-17-34)12-13-27(33-28)35-18-8-9-19-35/h12-13,26H,2-11,14-24H2,1H3. The average Bonchev–Trinajstić information content (AvgIpc) is 3.84. The Morgan fingerprint density at radius 3 is 2.12 bits per heavy atom. The SMILES string of the molecule is CCOC(=O)C1(C(=O)N2CCCC2C(=O)N2CCN(c3nc(N4CCCC4)ccc3N3CCCC3)CC2)CCCCC1. The van der Waals surface area contributed by atoms with Crippen molar-refractivity contribution in [2.75, 3.05) is 80.2 Å². The first-order valence-electron chi connectivity index (χ1n) is 16.5. The van der Waals surface area contributed by atoms with Crippen molar-refractivity contribution in [1.29, 1.82) is 0 Å². The summed E-state index contributed by atoms with van der Waals surface area (Å²) in [5, 5.41) is 0. The molecule has 1 aromatic rings. The minimum Gasteiger partial charge on any atom is -0.465 e. The fourth-order valence-electron chi connectivity index (χ4n) is 7.81. The Morgan fingerprint density at radius 2 is 1.45 bits per heavy atom. The third kappa shape index (κ3) is 5.53. The molecule has 1 aliphatic carbocycles. The predicted octanol–water partition coefficient (Wildman–Crippen LogP) is 3.44. The van der Waals surface area contributed by atoms with Crippen LogP contribution in [0.25, 0.3) is 0 Å². The number of likely N-dealkylation sites (tertiary alicyclic amines) is 1. The van der Waals surface area contributed by atoms with Crippen molar-refractivity contribution >= 4 is 35.1 Å². The van der Waals surface area contributed by atoms with E-state index in [9.17, 15) is 14.4 Å². The highest BCUT2D eigenvalue weighted by atomic mass is 16.5. The van der Waals surface area contributed by atoms with Crippen LogP contribution >= 0.6 is 0 Å². The molecule has 2 amide bonds. The van der Waals surface area contributed by atoms with Gasteiger partial charge in [0.15, 0.2) is 5.82 Å². The highest BCUT2D eigenvalue weighted by Crippen LogP contribution is 2.41. The van der Waals surface area contributed by atoms with Gasteiger partial charge in [-0.1, -0.05) is 19.3 Å². The number of nitrogens with zero attached hydrogens (tertiary/aromatic N) is 6. The zero-order chi connectivity index (χ0) is 29.1. The lowest BCUT2D eigenvalue weighted by molar-refractivity contribution is -0.169. The summed E-state index contributed by atoms with van der Waals surface area (Å²) < 4.78 is 5.42. The van der Waals surface area contributed by atoms with Crippen molar-refractivity contribution in [1.82, 2.24) is 14.8 Å². The summed E-state index contributed by atoms with van der Waals surface area (Å²) in [6.45, 7) is 9.48. The topological polar surface area (TPSA) is 89.5 Å². The number of hydrogen-bond acceptors (Lipinski definition) is 8. The number of aromatic nitrogens is 1. The molecule has 1 saturated carbocycles. The summed E-state index contributed by atoms with van der Waals surface area (Å²) in [6.07, 6.45) is 10.0. The molecule has 1 aromatic heterocycles. The number of ether oxygens (including phenoxy) is 1. The zero-order valence-corrected chi connectivity index (χ0v) is 25.4. The molecule has 230 valence electrons. The van der Waals surface area contributed by atoms with Crippen LogP contribution in [0.3, 0.4) is 0 Å². The number of amides is 2. The van der Waals surface area contributed by atoms with Gasteiger partial charge in [-0.3, -0.25) is 14.4 Å². The number of carbonyl (C=O) groups excluding carboxylic acids is 3. The summed E-state index contributed by atoms with van der Waals surface area (Å²) in [4.78, 5) is 57.1. The average molecular weight is 581 g/mol. The molecule has 10 nitrogen and oxygen atoms in total. The number of anilines is 3. The second-order valence-corrected chi connectivity index (χ2v) is 12.7. The largest absolute Gasteiger partial charge is 0.465 e. The number of esters is 1. The molecule has 4 aliphatic heterocycles. The lowest BCUT2D eigenvalue weighted by Crippen LogP contribution is -2.57. The Kier molecular flexibility index (Phi) is 8.77. The Labute approximate surface area is 250 Å². The fourth-order valence-corrected chi connectivity index (χ4v) is 7.81. The van der Waals surface area contributed by atoms with Gasteiger partial charge in [-0.05, 0) is 70.4 Å². The summed E-state index contributed by atoms with van der Waals surface area (Å²) in [5.41, 5.74) is 0.0768. The molecule has 42 heavy (non-hydrogen) atoms. The minimum absolute atomic E-state index is 0.0221. The maximum atomic E-state index is 14.0. The number of carbonyl (C=O) groups is 3. The van der Waals surface area contributed by atoms with E-state index < -0.39 is 17.4 Å². The van der Waals surface area contributed by atoms with E-state index in [0.29, 0.717) is 38.9 Å². The van der Waals surface area contributed by atoms with E-state index in [-0.39, 0.29) is 18.4 Å². The van der Waals surface area contributed by atoms with Crippen LogP contribution in [0, 0.1) is 5.41 Å².